The van der Waals surface area contributed by atoms with Gasteiger partial charge in [-0.25, -0.2) is 0 Å². The van der Waals surface area contributed by atoms with E-state index in [1.165, 1.54) is 0 Å². The van der Waals surface area contributed by atoms with E-state index in [9.17, 15) is 9.59 Å². The molecule has 0 bridgehead atoms. The SMILES string of the molecule is COC1CCC(C2CC(=O)OC3CC(O[C@@H](C)C(=O)NCCCN4CCNC4)CCC32)CC1. The van der Waals surface area contributed by atoms with Gasteiger partial charge in [0.1, 0.15) is 12.2 Å². The van der Waals surface area contributed by atoms with Gasteiger partial charge in [-0.05, 0) is 69.6 Å². The monoisotopic (exact) mass is 465 g/mol. The predicted molar refractivity (Wildman–Crippen MR) is 124 cm³/mol. The number of hydrogen-bond donors (Lipinski definition) is 2. The molecule has 2 N–H and O–H groups in total. The van der Waals surface area contributed by atoms with Crippen LogP contribution in [0.15, 0.2) is 0 Å². The summed E-state index contributed by atoms with van der Waals surface area (Å²) in [6.45, 7) is 6.56. The highest BCUT2D eigenvalue weighted by Gasteiger charge is 2.46. The Kier molecular flexibility index (Phi) is 9.02. The number of carbonyl (C=O) groups is 2. The van der Waals surface area contributed by atoms with E-state index in [-0.39, 0.29) is 24.1 Å². The van der Waals surface area contributed by atoms with Crippen LogP contribution in [0.2, 0.25) is 0 Å². The molecule has 2 saturated heterocycles. The molecule has 2 saturated carbocycles. The standard InChI is InChI=1S/C25H43N3O5/c1-17(25(30)27-10-3-12-28-13-11-26-16-28)32-20-8-9-21-22(15-24(29)33-23(21)14-20)18-4-6-19(31-2)7-5-18/h17-23,26H,3-16H2,1-2H3,(H,27,30)/t17-,18?,19?,20?,21?,22?,23?/m0/s1. The molecule has 2 heterocycles. The van der Waals surface area contributed by atoms with E-state index in [1.54, 1.807) is 7.11 Å². The van der Waals surface area contributed by atoms with Crippen molar-refractivity contribution in [2.45, 2.75) is 89.1 Å². The Bertz CT molecular complexity index is 648. The molecular formula is C25H43N3O5. The molecule has 0 radical (unpaired) electrons. The average molecular weight is 466 g/mol. The molecule has 0 aromatic heterocycles. The molecule has 4 rings (SSSR count). The number of hydrogen-bond acceptors (Lipinski definition) is 7. The van der Waals surface area contributed by atoms with Crippen LogP contribution >= 0.6 is 0 Å². The summed E-state index contributed by atoms with van der Waals surface area (Å²) in [7, 11) is 1.80. The maximum atomic E-state index is 12.5. The Morgan fingerprint density at radius 3 is 2.70 bits per heavy atom. The van der Waals surface area contributed by atoms with Gasteiger partial charge in [0.2, 0.25) is 5.91 Å². The number of carbonyl (C=O) groups excluding carboxylic acids is 2. The summed E-state index contributed by atoms with van der Waals surface area (Å²) >= 11 is 0. The first-order valence-corrected chi connectivity index (χ1v) is 13.1. The van der Waals surface area contributed by atoms with Crippen LogP contribution < -0.4 is 10.6 Å². The van der Waals surface area contributed by atoms with Crippen LogP contribution in [0.4, 0.5) is 0 Å². The molecule has 188 valence electrons. The van der Waals surface area contributed by atoms with Crippen LogP contribution in [0.3, 0.4) is 0 Å². The van der Waals surface area contributed by atoms with E-state index in [0.29, 0.717) is 43.2 Å². The molecule has 4 fully saturated rings. The minimum atomic E-state index is -0.487. The van der Waals surface area contributed by atoms with E-state index < -0.39 is 6.10 Å². The van der Waals surface area contributed by atoms with Gasteiger partial charge < -0.3 is 24.8 Å². The third-order valence-electron chi connectivity index (χ3n) is 8.34. The molecule has 8 heteroatoms. The third kappa shape index (κ3) is 6.68. The van der Waals surface area contributed by atoms with Crippen molar-refractivity contribution < 1.29 is 23.8 Å². The second-order valence-electron chi connectivity index (χ2n) is 10.5. The number of rotatable bonds is 9. The van der Waals surface area contributed by atoms with Crippen molar-refractivity contribution in [2.24, 2.45) is 17.8 Å². The molecule has 4 aliphatic rings. The highest BCUT2D eigenvalue weighted by Crippen LogP contribution is 2.46. The summed E-state index contributed by atoms with van der Waals surface area (Å²) in [5.41, 5.74) is 0. The van der Waals surface area contributed by atoms with Gasteiger partial charge in [0.25, 0.3) is 0 Å². The van der Waals surface area contributed by atoms with Crippen LogP contribution in [0, 0.1) is 17.8 Å². The Balaban J connectivity index is 1.20. The normalized spacial score (nSPS) is 36.1. The molecule has 2 aliphatic heterocycles. The van der Waals surface area contributed by atoms with Crippen molar-refractivity contribution in [3.8, 4) is 0 Å². The quantitative estimate of drug-likeness (QED) is 0.398. The lowest BCUT2D eigenvalue weighted by Crippen LogP contribution is -2.48. The zero-order chi connectivity index (χ0) is 23.2. The van der Waals surface area contributed by atoms with Crippen molar-refractivity contribution in [3.63, 3.8) is 0 Å². The summed E-state index contributed by atoms with van der Waals surface area (Å²) in [5, 5.41) is 6.33. The second kappa shape index (κ2) is 12.0. The summed E-state index contributed by atoms with van der Waals surface area (Å²) in [6.07, 6.45) is 8.42. The molecule has 1 amide bonds. The van der Waals surface area contributed by atoms with Crippen LogP contribution in [-0.2, 0) is 23.8 Å². The van der Waals surface area contributed by atoms with E-state index in [4.69, 9.17) is 14.2 Å². The molecule has 33 heavy (non-hydrogen) atoms. The van der Waals surface area contributed by atoms with Gasteiger partial charge >= 0.3 is 5.97 Å². The van der Waals surface area contributed by atoms with Gasteiger partial charge in [-0.3, -0.25) is 14.5 Å². The number of nitrogens with zero attached hydrogens (tertiary/aromatic N) is 1. The summed E-state index contributed by atoms with van der Waals surface area (Å²) in [4.78, 5) is 27.3. The highest BCUT2D eigenvalue weighted by atomic mass is 16.6. The fourth-order valence-corrected chi connectivity index (χ4v) is 6.45. The minimum Gasteiger partial charge on any atom is -0.462 e. The Hall–Kier alpha value is -1.22. The van der Waals surface area contributed by atoms with Crippen molar-refractivity contribution >= 4 is 11.9 Å². The average Bonchev–Trinajstić information content (AvgIpc) is 3.34. The number of esters is 1. The van der Waals surface area contributed by atoms with Gasteiger partial charge in [-0.2, -0.15) is 0 Å². The van der Waals surface area contributed by atoms with Crippen LogP contribution in [0.5, 0.6) is 0 Å². The van der Waals surface area contributed by atoms with Crippen molar-refractivity contribution in [3.05, 3.63) is 0 Å². The van der Waals surface area contributed by atoms with E-state index >= 15 is 0 Å². The Labute approximate surface area is 198 Å². The van der Waals surface area contributed by atoms with Crippen LogP contribution in [0.1, 0.15) is 64.7 Å². The fourth-order valence-electron chi connectivity index (χ4n) is 6.45. The van der Waals surface area contributed by atoms with E-state index in [1.807, 2.05) is 6.92 Å². The molecular weight excluding hydrogens is 422 g/mol. The topological polar surface area (TPSA) is 89.1 Å². The number of amides is 1. The van der Waals surface area contributed by atoms with Gasteiger partial charge in [-0.1, -0.05) is 0 Å². The molecule has 5 atom stereocenters. The van der Waals surface area contributed by atoms with E-state index in [2.05, 4.69) is 15.5 Å². The van der Waals surface area contributed by atoms with Crippen molar-refractivity contribution in [2.75, 3.05) is 40.0 Å². The summed E-state index contributed by atoms with van der Waals surface area (Å²) in [6, 6.07) is 0. The lowest BCUT2D eigenvalue weighted by molar-refractivity contribution is -0.178. The largest absolute Gasteiger partial charge is 0.462 e. The third-order valence-corrected chi connectivity index (χ3v) is 8.34. The number of fused-ring (bicyclic) bond motifs is 1. The lowest BCUT2D eigenvalue weighted by atomic mass is 9.65. The maximum Gasteiger partial charge on any atom is 0.306 e. The predicted octanol–water partition coefficient (Wildman–Crippen LogP) is 2.07. The smallest absolute Gasteiger partial charge is 0.306 e. The summed E-state index contributed by atoms with van der Waals surface area (Å²) in [5.74, 6) is 1.33. The van der Waals surface area contributed by atoms with Crippen LogP contribution in [0.25, 0.3) is 0 Å². The summed E-state index contributed by atoms with van der Waals surface area (Å²) < 4.78 is 17.5. The van der Waals surface area contributed by atoms with Gasteiger partial charge in [0.05, 0.1) is 12.2 Å². The number of methoxy groups -OCH3 is 1. The molecule has 0 spiro atoms. The molecule has 4 unspecified atom stereocenters. The zero-order valence-electron chi connectivity index (χ0n) is 20.4. The van der Waals surface area contributed by atoms with Crippen molar-refractivity contribution in [1.29, 1.82) is 0 Å². The molecule has 2 aliphatic carbocycles. The van der Waals surface area contributed by atoms with Crippen molar-refractivity contribution in [1.82, 2.24) is 15.5 Å². The second-order valence-corrected chi connectivity index (χ2v) is 10.5. The highest BCUT2D eigenvalue weighted by molar-refractivity contribution is 5.80. The van der Waals surface area contributed by atoms with Gasteiger partial charge in [0, 0.05) is 52.8 Å². The molecule has 0 aromatic rings. The molecule has 0 aromatic carbocycles. The minimum absolute atomic E-state index is 0.0292. The lowest BCUT2D eigenvalue weighted by Gasteiger charge is -2.46. The molecule has 8 nitrogen and oxygen atoms in total. The Morgan fingerprint density at radius 2 is 1.97 bits per heavy atom. The number of ether oxygens (including phenoxy) is 3. The maximum absolute atomic E-state index is 12.5. The fraction of sp³-hybridized carbons (Fsp3) is 0.920. The van der Waals surface area contributed by atoms with E-state index in [0.717, 1.165) is 71.2 Å². The van der Waals surface area contributed by atoms with Gasteiger partial charge in [0.15, 0.2) is 0 Å². The zero-order valence-corrected chi connectivity index (χ0v) is 20.4. The first-order chi connectivity index (χ1) is 16.0. The Morgan fingerprint density at radius 1 is 1.18 bits per heavy atom. The first-order valence-electron chi connectivity index (χ1n) is 13.1. The van der Waals surface area contributed by atoms with Gasteiger partial charge in [-0.15, -0.1) is 0 Å². The number of nitrogens with one attached hydrogen (secondary N) is 2. The first kappa shape index (κ1) is 24.9. The van der Waals surface area contributed by atoms with Crippen LogP contribution in [-0.4, -0.2) is 81.1 Å².